The monoisotopic (exact) mass is 429 g/mol. The van der Waals surface area contributed by atoms with Gasteiger partial charge in [0.15, 0.2) is 0 Å². The normalized spacial score (nSPS) is 14.1. The zero-order valence-electron chi connectivity index (χ0n) is 17.9. The van der Waals surface area contributed by atoms with Gasteiger partial charge in [-0.2, -0.15) is 0 Å². The van der Waals surface area contributed by atoms with Crippen LogP contribution in [0.25, 0.3) is 0 Å². The quantitative estimate of drug-likeness (QED) is 0.589. The molecule has 0 saturated carbocycles. The fourth-order valence-electron chi connectivity index (χ4n) is 3.90. The highest BCUT2D eigenvalue weighted by molar-refractivity contribution is 6.06. The summed E-state index contributed by atoms with van der Waals surface area (Å²) in [5.41, 5.74) is 8.79. The number of nitrogens with zero attached hydrogens (tertiary/aromatic N) is 1. The van der Waals surface area contributed by atoms with Crippen molar-refractivity contribution in [3.05, 3.63) is 90.0 Å². The third-order valence-electron chi connectivity index (χ3n) is 5.76. The van der Waals surface area contributed by atoms with Crippen molar-refractivity contribution in [1.82, 2.24) is 0 Å². The van der Waals surface area contributed by atoms with E-state index < -0.39 is 0 Å². The van der Waals surface area contributed by atoms with E-state index in [1.807, 2.05) is 54.6 Å². The maximum atomic E-state index is 12.8. The predicted molar refractivity (Wildman–Crippen MR) is 126 cm³/mol. The Morgan fingerprint density at radius 2 is 1.56 bits per heavy atom. The lowest BCUT2D eigenvalue weighted by molar-refractivity contribution is -0.122. The molecule has 0 radical (unpaired) electrons. The largest absolute Gasteiger partial charge is 0.489 e. The molecule has 3 aromatic rings. The van der Waals surface area contributed by atoms with Crippen LogP contribution in [0.1, 0.15) is 28.8 Å². The van der Waals surface area contributed by atoms with Crippen LogP contribution in [0.5, 0.6) is 5.75 Å². The summed E-state index contributed by atoms with van der Waals surface area (Å²) in [5.74, 6) is 0.222. The van der Waals surface area contributed by atoms with Gasteiger partial charge in [-0.3, -0.25) is 9.59 Å². The molecule has 0 unspecified atom stereocenters. The van der Waals surface area contributed by atoms with Crippen molar-refractivity contribution in [2.75, 3.05) is 23.3 Å². The van der Waals surface area contributed by atoms with E-state index in [9.17, 15) is 9.59 Å². The van der Waals surface area contributed by atoms with E-state index in [0.717, 1.165) is 42.9 Å². The number of anilines is 2. The highest BCUT2D eigenvalue weighted by Gasteiger charge is 2.24. The molecule has 32 heavy (non-hydrogen) atoms. The Kier molecular flexibility index (Phi) is 6.70. The summed E-state index contributed by atoms with van der Waals surface area (Å²) in [7, 11) is 0. The standard InChI is InChI=1S/C26H27N3O3/c27-25(30)20-14-16-29(17-15-20)24-9-5-4-8-23(24)28-26(31)21-10-12-22(13-11-21)32-18-19-6-2-1-3-7-19/h1-13,20H,14-18H2,(H2,27,30)(H,28,31). The van der Waals surface area contributed by atoms with Crippen LogP contribution >= 0.6 is 0 Å². The molecule has 3 aromatic carbocycles. The van der Waals surface area contributed by atoms with Crippen LogP contribution < -0.4 is 20.7 Å². The molecule has 1 aliphatic heterocycles. The fourth-order valence-corrected chi connectivity index (χ4v) is 3.90. The van der Waals surface area contributed by atoms with Gasteiger partial charge in [-0.25, -0.2) is 0 Å². The molecule has 0 atom stereocenters. The lowest BCUT2D eigenvalue weighted by Crippen LogP contribution is -2.38. The van der Waals surface area contributed by atoms with E-state index in [1.165, 1.54) is 0 Å². The van der Waals surface area contributed by atoms with E-state index in [1.54, 1.807) is 24.3 Å². The Labute approximate surface area is 188 Å². The number of amides is 2. The average molecular weight is 430 g/mol. The zero-order chi connectivity index (χ0) is 22.3. The number of piperidine rings is 1. The summed E-state index contributed by atoms with van der Waals surface area (Å²) in [6.07, 6.45) is 1.45. The van der Waals surface area contributed by atoms with Crippen LogP contribution in [0.4, 0.5) is 11.4 Å². The van der Waals surface area contributed by atoms with E-state index in [2.05, 4.69) is 10.2 Å². The van der Waals surface area contributed by atoms with Crippen LogP contribution in [-0.2, 0) is 11.4 Å². The summed E-state index contributed by atoms with van der Waals surface area (Å²) in [4.78, 5) is 26.5. The number of hydrogen-bond donors (Lipinski definition) is 2. The van der Waals surface area contributed by atoms with Crippen LogP contribution in [0.3, 0.4) is 0 Å². The minimum atomic E-state index is -0.234. The number of carbonyl (C=O) groups is 2. The first-order valence-corrected chi connectivity index (χ1v) is 10.8. The SMILES string of the molecule is NC(=O)C1CCN(c2ccccc2NC(=O)c2ccc(OCc3ccccc3)cc2)CC1. The van der Waals surface area contributed by atoms with Crippen molar-refractivity contribution in [2.24, 2.45) is 11.7 Å². The van der Waals surface area contributed by atoms with Crippen molar-refractivity contribution in [1.29, 1.82) is 0 Å². The molecule has 2 amide bonds. The van der Waals surface area contributed by atoms with Crippen molar-refractivity contribution < 1.29 is 14.3 Å². The second kappa shape index (κ2) is 10.0. The molecular weight excluding hydrogens is 402 g/mol. The predicted octanol–water partition coefficient (Wildman–Crippen LogP) is 4.22. The third-order valence-corrected chi connectivity index (χ3v) is 5.76. The minimum absolute atomic E-state index is 0.0735. The van der Waals surface area contributed by atoms with Gasteiger partial charge in [-0.05, 0) is 54.8 Å². The number of primary amides is 1. The van der Waals surface area contributed by atoms with Gasteiger partial charge in [0.2, 0.25) is 5.91 Å². The third kappa shape index (κ3) is 5.27. The summed E-state index contributed by atoms with van der Waals surface area (Å²) in [6.45, 7) is 1.94. The average Bonchev–Trinajstić information content (AvgIpc) is 2.84. The molecule has 6 nitrogen and oxygen atoms in total. The van der Waals surface area contributed by atoms with Gasteiger partial charge in [0, 0.05) is 24.6 Å². The number of rotatable bonds is 7. The summed E-state index contributed by atoms with van der Waals surface area (Å²) in [6, 6.07) is 24.8. The number of nitrogens with one attached hydrogen (secondary N) is 1. The molecule has 1 aliphatic rings. The van der Waals surface area contributed by atoms with Gasteiger partial charge in [-0.15, -0.1) is 0 Å². The Morgan fingerprint density at radius 1 is 0.906 bits per heavy atom. The molecule has 0 aliphatic carbocycles. The Balaban J connectivity index is 1.38. The zero-order valence-corrected chi connectivity index (χ0v) is 17.9. The molecular formula is C26H27N3O3. The van der Waals surface area contributed by atoms with Gasteiger partial charge in [0.25, 0.3) is 5.91 Å². The van der Waals surface area contributed by atoms with Gasteiger partial charge >= 0.3 is 0 Å². The number of nitrogens with two attached hydrogens (primary N) is 1. The number of benzene rings is 3. The smallest absolute Gasteiger partial charge is 0.255 e. The molecule has 164 valence electrons. The molecule has 1 saturated heterocycles. The van der Waals surface area contributed by atoms with Crippen molar-refractivity contribution in [3.63, 3.8) is 0 Å². The maximum absolute atomic E-state index is 12.8. The van der Waals surface area contributed by atoms with Gasteiger partial charge < -0.3 is 20.7 Å². The van der Waals surface area contributed by atoms with Crippen LogP contribution in [0.2, 0.25) is 0 Å². The molecule has 0 aromatic heterocycles. The van der Waals surface area contributed by atoms with Gasteiger partial charge in [0.1, 0.15) is 12.4 Å². The number of ether oxygens (including phenoxy) is 1. The second-order valence-electron chi connectivity index (χ2n) is 7.93. The topological polar surface area (TPSA) is 84.7 Å². The van der Waals surface area contributed by atoms with E-state index >= 15 is 0 Å². The van der Waals surface area contributed by atoms with Crippen molar-refractivity contribution in [3.8, 4) is 5.75 Å². The Morgan fingerprint density at radius 3 is 2.25 bits per heavy atom. The van der Waals surface area contributed by atoms with Crippen LogP contribution in [-0.4, -0.2) is 24.9 Å². The highest BCUT2D eigenvalue weighted by Crippen LogP contribution is 2.30. The fraction of sp³-hybridized carbons (Fsp3) is 0.231. The van der Waals surface area contributed by atoms with Gasteiger partial charge in [-0.1, -0.05) is 42.5 Å². The Bertz CT molecular complexity index is 1060. The minimum Gasteiger partial charge on any atom is -0.489 e. The summed E-state index contributed by atoms with van der Waals surface area (Å²) < 4.78 is 5.80. The molecule has 3 N–H and O–H groups in total. The van der Waals surface area contributed by atoms with E-state index in [-0.39, 0.29) is 17.7 Å². The maximum Gasteiger partial charge on any atom is 0.255 e. The van der Waals surface area contributed by atoms with E-state index in [0.29, 0.717) is 17.9 Å². The van der Waals surface area contributed by atoms with Crippen molar-refractivity contribution >= 4 is 23.2 Å². The molecule has 0 bridgehead atoms. The molecule has 6 heteroatoms. The second-order valence-corrected chi connectivity index (χ2v) is 7.93. The lowest BCUT2D eigenvalue weighted by atomic mass is 9.96. The number of hydrogen-bond acceptors (Lipinski definition) is 4. The molecule has 4 rings (SSSR count). The van der Waals surface area contributed by atoms with Crippen LogP contribution in [0.15, 0.2) is 78.9 Å². The van der Waals surface area contributed by atoms with Crippen molar-refractivity contribution in [2.45, 2.75) is 19.4 Å². The first-order valence-electron chi connectivity index (χ1n) is 10.8. The first kappa shape index (κ1) is 21.4. The summed E-state index contributed by atoms with van der Waals surface area (Å²) in [5, 5.41) is 3.02. The van der Waals surface area contributed by atoms with Gasteiger partial charge in [0.05, 0.1) is 11.4 Å². The first-order chi connectivity index (χ1) is 15.6. The lowest BCUT2D eigenvalue weighted by Gasteiger charge is -2.33. The molecule has 1 heterocycles. The molecule has 1 fully saturated rings. The number of para-hydroxylation sites is 2. The molecule has 0 spiro atoms. The highest BCUT2D eigenvalue weighted by atomic mass is 16.5. The van der Waals surface area contributed by atoms with E-state index in [4.69, 9.17) is 10.5 Å². The van der Waals surface area contributed by atoms with Crippen LogP contribution in [0, 0.1) is 5.92 Å². The summed E-state index contributed by atoms with van der Waals surface area (Å²) >= 11 is 0. The number of carbonyl (C=O) groups excluding carboxylic acids is 2. The Hall–Kier alpha value is -3.80.